The van der Waals surface area contributed by atoms with E-state index in [1.165, 1.54) is 25.7 Å². The van der Waals surface area contributed by atoms with Crippen LogP contribution in [0.3, 0.4) is 0 Å². The quantitative estimate of drug-likeness (QED) is 0.0934. The second-order valence-corrected chi connectivity index (χ2v) is 15.9. The molecule has 7 aliphatic carbocycles. The van der Waals surface area contributed by atoms with Gasteiger partial charge in [0.05, 0.1) is 23.4 Å². The Morgan fingerprint density at radius 3 is 1.94 bits per heavy atom. The van der Waals surface area contributed by atoms with Crippen molar-refractivity contribution in [2.24, 2.45) is 64.6 Å². The van der Waals surface area contributed by atoms with Crippen molar-refractivity contribution in [2.75, 3.05) is 18.5 Å². The largest absolute Gasteiger partial charge is 0.491 e. The molecule has 8 atom stereocenters. The average molecular weight is 687 g/mol. The topological polar surface area (TPSA) is 86.2 Å². The van der Waals surface area contributed by atoms with Crippen LogP contribution >= 0.6 is 0 Å². The first kappa shape index (κ1) is 31.5. The van der Waals surface area contributed by atoms with E-state index in [2.05, 4.69) is 16.0 Å². The number of rotatable bonds is 9. The van der Waals surface area contributed by atoms with E-state index in [9.17, 15) is 31.1 Å². The molecular weight excluding hydrogens is 646 g/mol. The Morgan fingerprint density at radius 1 is 0.796 bits per heavy atom. The standard InChI is InChI=1S/C37H40F6N4O2/c38-36(39,40)20-10-18(11-21(13-20)37(41,42)43)14-45-34(44)47-26-9-4-19(12-27(26)49-15-17-2-1-3-17)33(48)46-16-35-30-24-7-5-22(24)28(30)32(35)29-23-6-8-25(23)31(29)35/h4,9-13,17,22-25,28-32H,1-3,5-8,14-16H2,(H,46,48)(H3,44,45,47). The monoisotopic (exact) mass is 686 g/mol. The van der Waals surface area contributed by atoms with Crippen LogP contribution in [0.1, 0.15) is 72.0 Å². The number of amides is 1. The Bertz CT molecular complexity index is 1640. The number of carbonyl (C=O) groups excluding carboxylic acids is 1. The van der Waals surface area contributed by atoms with Gasteiger partial charge in [0.2, 0.25) is 0 Å². The van der Waals surface area contributed by atoms with E-state index in [0.717, 1.165) is 79.1 Å². The van der Waals surface area contributed by atoms with Crippen molar-refractivity contribution in [1.82, 2.24) is 10.6 Å². The van der Waals surface area contributed by atoms with Crippen LogP contribution in [0.2, 0.25) is 0 Å². The van der Waals surface area contributed by atoms with Crippen LogP contribution in [0.15, 0.2) is 36.4 Å². The molecule has 0 aliphatic heterocycles. The van der Waals surface area contributed by atoms with Crippen LogP contribution in [0.4, 0.5) is 32.0 Å². The van der Waals surface area contributed by atoms with E-state index in [1.807, 2.05) is 0 Å². The molecule has 0 saturated heterocycles. The minimum absolute atomic E-state index is 0.0777. The van der Waals surface area contributed by atoms with Crippen molar-refractivity contribution in [3.63, 3.8) is 0 Å². The van der Waals surface area contributed by atoms with E-state index in [0.29, 0.717) is 41.7 Å². The molecule has 2 aromatic rings. The number of carbonyl (C=O) groups is 1. The Labute approximate surface area is 280 Å². The van der Waals surface area contributed by atoms with Gasteiger partial charge in [0.25, 0.3) is 5.91 Å². The first-order valence-corrected chi connectivity index (χ1v) is 17.8. The van der Waals surface area contributed by atoms with Crippen LogP contribution < -0.4 is 20.7 Å². The highest BCUT2D eigenvalue weighted by Crippen LogP contribution is 2.92. The molecule has 1 amide bonds. The third-order valence-corrected chi connectivity index (χ3v) is 14.1. The summed E-state index contributed by atoms with van der Waals surface area (Å²) in [6, 6.07) is 6.29. The average Bonchev–Trinajstić information content (AvgIpc) is 2.99. The highest BCUT2D eigenvalue weighted by Gasteiger charge is 2.89. The maximum atomic E-state index is 13.6. The lowest BCUT2D eigenvalue weighted by atomic mass is 9.11. The van der Waals surface area contributed by atoms with Crippen LogP contribution in [0, 0.1) is 70.0 Å². The van der Waals surface area contributed by atoms with Crippen LogP contribution in [0.25, 0.3) is 0 Å². The number of hydrogen-bond acceptors (Lipinski definition) is 3. The highest BCUT2D eigenvalue weighted by molar-refractivity contribution is 5.97. The number of halogens is 6. The molecule has 6 nitrogen and oxygen atoms in total. The van der Waals surface area contributed by atoms with Gasteiger partial charge in [-0.25, -0.2) is 0 Å². The second kappa shape index (κ2) is 10.8. The minimum Gasteiger partial charge on any atom is -0.491 e. The van der Waals surface area contributed by atoms with Gasteiger partial charge in [0, 0.05) is 18.7 Å². The third-order valence-electron chi connectivity index (χ3n) is 14.1. The predicted molar refractivity (Wildman–Crippen MR) is 169 cm³/mol. The summed E-state index contributed by atoms with van der Waals surface area (Å²) in [4.78, 5) is 13.6. The summed E-state index contributed by atoms with van der Waals surface area (Å²) in [5, 5.41) is 17.1. The molecule has 0 heterocycles. The molecule has 7 aliphatic rings. The smallest absolute Gasteiger partial charge is 0.416 e. The van der Waals surface area contributed by atoms with Crippen molar-refractivity contribution in [3.05, 3.63) is 58.7 Å². The Hall–Kier alpha value is -3.44. The Morgan fingerprint density at radius 2 is 1.41 bits per heavy atom. The van der Waals surface area contributed by atoms with Gasteiger partial charge in [-0.1, -0.05) is 6.42 Å². The number of nitrogens with one attached hydrogen (secondary N) is 4. The molecule has 9 rings (SSSR count). The van der Waals surface area contributed by atoms with Crippen LogP contribution in [0.5, 0.6) is 5.75 Å². The van der Waals surface area contributed by atoms with Crippen molar-refractivity contribution < 1.29 is 35.9 Å². The summed E-state index contributed by atoms with van der Waals surface area (Å²) >= 11 is 0. The molecule has 2 aromatic carbocycles. The van der Waals surface area contributed by atoms with E-state index in [1.54, 1.807) is 18.2 Å². The lowest BCUT2D eigenvalue weighted by Crippen LogP contribution is -2.91. The van der Waals surface area contributed by atoms with Gasteiger partial charge in [-0.3, -0.25) is 10.2 Å². The van der Waals surface area contributed by atoms with Gasteiger partial charge in [-0.2, -0.15) is 26.3 Å². The molecule has 0 radical (unpaired) electrons. The number of guanidine groups is 1. The van der Waals surface area contributed by atoms with Gasteiger partial charge < -0.3 is 20.7 Å². The van der Waals surface area contributed by atoms with Crippen molar-refractivity contribution >= 4 is 17.6 Å². The maximum Gasteiger partial charge on any atom is 0.416 e. The molecule has 12 heteroatoms. The molecule has 0 spiro atoms. The normalized spacial score (nSPS) is 36.0. The van der Waals surface area contributed by atoms with Gasteiger partial charge in [-0.05, 0) is 145 Å². The lowest BCUT2D eigenvalue weighted by Gasteiger charge is -2.93. The van der Waals surface area contributed by atoms with Crippen molar-refractivity contribution in [1.29, 1.82) is 5.41 Å². The minimum atomic E-state index is -4.96. The molecule has 0 bridgehead atoms. The Kier molecular flexibility index (Phi) is 6.94. The van der Waals surface area contributed by atoms with E-state index >= 15 is 0 Å². The van der Waals surface area contributed by atoms with Crippen molar-refractivity contribution in [3.8, 4) is 5.75 Å². The molecule has 4 N–H and O–H groups in total. The zero-order valence-electron chi connectivity index (χ0n) is 26.9. The number of alkyl halides is 6. The maximum absolute atomic E-state index is 13.6. The fraction of sp³-hybridized carbons (Fsp3) is 0.622. The number of hydrogen-bond donors (Lipinski definition) is 4. The van der Waals surface area contributed by atoms with Crippen molar-refractivity contribution in [2.45, 2.75) is 63.8 Å². The highest BCUT2D eigenvalue weighted by atomic mass is 19.4. The zero-order chi connectivity index (χ0) is 34.0. The van der Waals surface area contributed by atoms with Crippen LogP contribution in [-0.4, -0.2) is 25.0 Å². The summed E-state index contributed by atoms with van der Waals surface area (Å²) in [5.74, 6) is 7.96. The summed E-state index contributed by atoms with van der Waals surface area (Å²) in [5.41, 5.74) is -2.01. The number of fused-ring (bicyclic) bond motifs is 13. The fourth-order valence-corrected chi connectivity index (χ4v) is 11.6. The molecule has 0 aromatic heterocycles. The molecule has 7 fully saturated rings. The first-order chi connectivity index (χ1) is 23.3. The van der Waals surface area contributed by atoms with E-state index < -0.39 is 30.0 Å². The number of ether oxygens (including phenoxy) is 1. The fourth-order valence-electron chi connectivity index (χ4n) is 11.6. The van der Waals surface area contributed by atoms with Gasteiger partial charge in [0.15, 0.2) is 5.96 Å². The van der Waals surface area contributed by atoms with E-state index in [-0.39, 0.29) is 28.9 Å². The molecule has 262 valence electrons. The van der Waals surface area contributed by atoms with Gasteiger partial charge in [0.1, 0.15) is 5.75 Å². The number of anilines is 1. The van der Waals surface area contributed by atoms with Crippen LogP contribution in [-0.2, 0) is 18.9 Å². The van der Waals surface area contributed by atoms with E-state index in [4.69, 9.17) is 10.1 Å². The molecule has 49 heavy (non-hydrogen) atoms. The molecule has 7 saturated carbocycles. The Balaban J connectivity index is 0.880. The summed E-state index contributed by atoms with van der Waals surface area (Å²) in [6.45, 7) is 0.712. The van der Waals surface area contributed by atoms with Gasteiger partial charge in [-0.15, -0.1) is 0 Å². The molecular formula is C37H40F6N4O2. The summed E-state index contributed by atoms with van der Waals surface area (Å²) in [6.07, 6.45) is -1.27. The first-order valence-electron chi connectivity index (χ1n) is 17.8. The summed E-state index contributed by atoms with van der Waals surface area (Å²) in [7, 11) is 0. The summed E-state index contributed by atoms with van der Waals surface area (Å²) < 4.78 is 86.0. The lowest BCUT2D eigenvalue weighted by molar-refractivity contribution is -0.459. The predicted octanol–water partition coefficient (Wildman–Crippen LogP) is 7.94. The number of benzene rings is 2. The SMILES string of the molecule is N=C(NCc1cc(C(F)(F)F)cc(C(F)(F)F)c1)Nc1ccc(C(=O)NCC23C4C5CCC5C4C2C2C4CCC4C23)cc1OCC1CCC1. The zero-order valence-corrected chi connectivity index (χ0v) is 26.9. The molecule has 8 unspecified atom stereocenters. The third kappa shape index (κ3) is 4.66. The van der Waals surface area contributed by atoms with Gasteiger partial charge >= 0.3 is 12.4 Å². The second-order valence-electron chi connectivity index (χ2n) is 15.9.